The number of aromatic nitrogens is 3. The molecule has 0 aliphatic heterocycles. The van der Waals surface area contributed by atoms with E-state index in [1.54, 1.807) is 0 Å². The maximum atomic E-state index is 5.45. The van der Waals surface area contributed by atoms with Crippen molar-refractivity contribution in [3.05, 3.63) is 0 Å². The van der Waals surface area contributed by atoms with E-state index in [-0.39, 0.29) is 0 Å². The number of ether oxygens (including phenoxy) is 1. The van der Waals surface area contributed by atoms with Crippen molar-refractivity contribution in [2.45, 2.75) is 52.0 Å². The lowest BCUT2D eigenvalue weighted by atomic mass is 10.2. The molecule has 0 spiro atoms. The van der Waals surface area contributed by atoms with Gasteiger partial charge in [0.25, 0.3) is 0 Å². The Labute approximate surface area is 121 Å². The molecular formula is C14H25N5O. The summed E-state index contributed by atoms with van der Waals surface area (Å²) in [7, 11) is 2.06. The summed E-state index contributed by atoms with van der Waals surface area (Å²) in [5.41, 5.74) is 0. The number of anilines is 2. The highest BCUT2D eigenvalue weighted by atomic mass is 16.5. The molecule has 0 radical (unpaired) electrons. The Morgan fingerprint density at radius 2 is 1.95 bits per heavy atom. The van der Waals surface area contributed by atoms with Crippen molar-refractivity contribution in [1.82, 2.24) is 15.0 Å². The summed E-state index contributed by atoms with van der Waals surface area (Å²) >= 11 is 0. The summed E-state index contributed by atoms with van der Waals surface area (Å²) in [6.45, 7) is 5.46. The molecule has 0 aromatic carbocycles. The molecule has 0 atom stereocenters. The van der Waals surface area contributed by atoms with Gasteiger partial charge >= 0.3 is 6.01 Å². The van der Waals surface area contributed by atoms with E-state index in [0.717, 1.165) is 13.0 Å². The normalized spacial score (nSPS) is 15.3. The Bertz CT molecular complexity index is 420. The first kappa shape index (κ1) is 14.8. The lowest BCUT2D eigenvalue weighted by Gasteiger charge is -2.24. The maximum Gasteiger partial charge on any atom is 0.323 e. The third-order valence-corrected chi connectivity index (χ3v) is 3.60. The molecule has 1 aliphatic rings. The van der Waals surface area contributed by atoms with Crippen LogP contribution in [-0.4, -0.2) is 41.2 Å². The molecule has 0 amide bonds. The highest BCUT2D eigenvalue weighted by Gasteiger charge is 2.22. The second-order valence-corrected chi connectivity index (χ2v) is 5.15. The molecule has 112 valence electrons. The van der Waals surface area contributed by atoms with Crippen molar-refractivity contribution in [2.75, 3.05) is 30.4 Å². The Balaban J connectivity index is 2.18. The summed E-state index contributed by atoms with van der Waals surface area (Å²) in [6, 6.07) is 0.937. The van der Waals surface area contributed by atoms with Crippen molar-refractivity contribution in [3.63, 3.8) is 0 Å². The van der Waals surface area contributed by atoms with Crippen LogP contribution in [-0.2, 0) is 0 Å². The fraction of sp³-hybridized carbons (Fsp3) is 0.786. The maximum absolute atomic E-state index is 5.45. The van der Waals surface area contributed by atoms with E-state index in [9.17, 15) is 0 Å². The van der Waals surface area contributed by atoms with Gasteiger partial charge in [0.1, 0.15) is 0 Å². The molecule has 6 nitrogen and oxygen atoms in total. The summed E-state index contributed by atoms with van der Waals surface area (Å²) < 4.78 is 5.45. The van der Waals surface area contributed by atoms with Crippen LogP contribution in [0.15, 0.2) is 0 Å². The SMILES string of the molecule is CCCNc1nc(OCC)nc(N(C)C2CCCC2)n1. The number of hydrogen-bond acceptors (Lipinski definition) is 6. The Kier molecular flexibility index (Phi) is 5.38. The highest BCUT2D eigenvalue weighted by Crippen LogP contribution is 2.26. The van der Waals surface area contributed by atoms with Crippen molar-refractivity contribution in [2.24, 2.45) is 0 Å². The summed E-state index contributed by atoms with van der Waals surface area (Å²) in [6.07, 6.45) is 6.04. The highest BCUT2D eigenvalue weighted by molar-refractivity contribution is 5.38. The van der Waals surface area contributed by atoms with Gasteiger partial charge in [-0.1, -0.05) is 19.8 Å². The minimum absolute atomic E-state index is 0.404. The summed E-state index contributed by atoms with van der Waals surface area (Å²) in [5.74, 6) is 1.30. The van der Waals surface area contributed by atoms with E-state index < -0.39 is 0 Å². The van der Waals surface area contributed by atoms with Crippen LogP contribution >= 0.6 is 0 Å². The van der Waals surface area contributed by atoms with E-state index in [1.807, 2.05) is 6.92 Å². The van der Waals surface area contributed by atoms with Crippen LogP contribution in [0.2, 0.25) is 0 Å². The molecule has 20 heavy (non-hydrogen) atoms. The number of rotatable bonds is 7. The number of nitrogens with zero attached hydrogens (tertiary/aromatic N) is 4. The van der Waals surface area contributed by atoms with Crippen molar-refractivity contribution in [1.29, 1.82) is 0 Å². The van der Waals surface area contributed by atoms with E-state index in [2.05, 4.69) is 39.1 Å². The predicted octanol–water partition coefficient (Wildman–Crippen LogP) is 2.47. The van der Waals surface area contributed by atoms with E-state index in [4.69, 9.17) is 4.74 Å². The molecule has 1 aromatic heterocycles. The molecule has 0 unspecified atom stereocenters. The largest absolute Gasteiger partial charge is 0.464 e. The van der Waals surface area contributed by atoms with Crippen LogP contribution < -0.4 is 15.0 Å². The molecule has 1 heterocycles. The van der Waals surface area contributed by atoms with Gasteiger partial charge in [-0.25, -0.2) is 0 Å². The monoisotopic (exact) mass is 279 g/mol. The fourth-order valence-electron chi connectivity index (χ4n) is 2.47. The molecule has 1 aliphatic carbocycles. The number of hydrogen-bond donors (Lipinski definition) is 1. The zero-order valence-corrected chi connectivity index (χ0v) is 12.7. The van der Waals surface area contributed by atoms with Crippen LogP contribution in [0, 0.1) is 0 Å². The average Bonchev–Trinajstić information content (AvgIpc) is 2.98. The standard InChI is InChI=1S/C14H25N5O/c1-4-10-15-12-16-13(18-14(17-12)20-5-2)19(3)11-8-6-7-9-11/h11H,4-10H2,1-3H3,(H,15,16,17,18). The molecule has 1 fully saturated rings. The zero-order valence-electron chi connectivity index (χ0n) is 12.7. The minimum atomic E-state index is 0.404. The Morgan fingerprint density at radius 3 is 2.60 bits per heavy atom. The van der Waals surface area contributed by atoms with Crippen molar-refractivity contribution in [3.8, 4) is 6.01 Å². The van der Waals surface area contributed by atoms with Crippen LogP contribution in [0.5, 0.6) is 6.01 Å². The Hall–Kier alpha value is -1.59. The van der Waals surface area contributed by atoms with Gasteiger partial charge in [-0.15, -0.1) is 0 Å². The molecule has 0 bridgehead atoms. The summed E-state index contributed by atoms with van der Waals surface area (Å²) in [5, 5.41) is 3.21. The van der Waals surface area contributed by atoms with Gasteiger partial charge in [-0.3, -0.25) is 0 Å². The number of nitrogens with one attached hydrogen (secondary N) is 1. The minimum Gasteiger partial charge on any atom is -0.464 e. The third kappa shape index (κ3) is 3.71. The van der Waals surface area contributed by atoms with E-state index in [1.165, 1.54) is 25.7 Å². The second-order valence-electron chi connectivity index (χ2n) is 5.15. The van der Waals surface area contributed by atoms with Crippen LogP contribution in [0.3, 0.4) is 0 Å². The van der Waals surface area contributed by atoms with E-state index >= 15 is 0 Å². The van der Waals surface area contributed by atoms with Crippen LogP contribution in [0.25, 0.3) is 0 Å². The van der Waals surface area contributed by atoms with Gasteiger partial charge in [0, 0.05) is 19.6 Å². The molecule has 1 N–H and O–H groups in total. The van der Waals surface area contributed by atoms with Crippen molar-refractivity contribution < 1.29 is 4.74 Å². The summed E-state index contributed by atoms with van der Waals surface area (Å²) in [4.78, 5) is 15.4. The molecule has 6 heteroatoms. The molecule has 1 saturated carbocycles. The van der Waals surface area contributed by atoms with Crippen molar-refractivity contribution >= 4 is 11.9 Å². The predicted molar refractivity (Wildman–Crippen MR) is 80.4 cm³/mol. The molecule has 2 rings (SSSR count). The quantitative estimate of drug-likeness (QED) is 0.827. The van der Waals surface area contributed by atoms with Gasteiger partial charge in [-0.2, -0.15) is 15.0 Å². The lowest BCUT2D eigenvalue weighted by Crippen LogP contribution is -2.31. The fourth-order valence-corrected chi connectivity index (χ4v) is 2.47. The first-order valence-corrected chi connectivity index (χ1v) is 7.60. The van der Waals surface area contributed by atoms with Gasteiger partial charge < -0.3 is 15.0 Å². The first-order valence-electron chi connectivity index (χ1n) is 7.60. The van der Waals surface area contributed by atoms with Gasteiger partial charge in [-0.05, 0) is 26.2 Å². The molecule has 1 aromatic rings. The zero-order chi connectivity index (χ0) is 14.4. The van der Waals surface area contributed by atoms with Gasteiger partial charge in [0.2, 0.25) is 11.9 Å². The Morgan fingerprint density at radius 1 is 1.20 bits per heavy atom. The lowest BCUT2D eigenvalue weighted by molar-refractivity contribution is 0.312. The van der Waals surface area contributed by atoms with E-state index in [0.29, 0.717) is 30.6 Å². The van der Waals surface area contributed by atoms with Gasteiger partial charge in [0.15, 0.2) is 0 Å². The molecular weight excluding hydrogens is 254 g/mol. The first-order chi connectivity index (χ1) is 9.74. The second kappa shape index (κ2) is 7.26. The smallest absolute Gasteiger partial charge is 0.323 e. The third-order valence-electron chi connectivity index (χ3n) is 3.60. The van der Waals surface area contributed by atoms with Crippen LogP contribution in [0.1, 0.15) is 46.0 Å². The molecule has 0 saturated heterocycles. The topological polar surface area (TPSA) is 63.2 Å². The van der Waals surface area contributed by atoms with Crippen LogP contribution in [0.4, 0.5) is 11.9 Å². The average molecular weight is 279 g/mol. The van der Waals surface area contributed by atoms with Gasteiger partial charge in [0.05, 0.1) is 6.61 Å².